The second kappa shape index (κ2) is 5.08. The fourth-order valence-corrected chi connectivity index (χ4v) is 4.18. The molecule has 0 atom stereocenters. The maximum atomic E-state index is 2.39. The Hall–Kier alpha value is -2.35. The van der Waals surface area contributed by atoms with Crippen LogP contribution in [0.1, 0.15) is 51.3 Å². The molecule has 2 heteroatoms. The van der Waals surface area contributed by atoms with Crippen molar-refractivity contribution in [1.29, 1.82) is 0 Å². The van der Waals surface area contributed by atoms with Gasteiger partial charge in [0.25, 0.3) is 0 Å². The van der Waals surface area contributed by atoms with Gasteiger partial charge in [-0.1, -0.05) is 44.2 Å². The van der Waals surface area contributed by atoms with Gasteiger partial charge in [0.15, 0.2) is 11.7 Å². The van der Waals surface area contributed by atoms with E-state index in [1.54, 1.807) is 0 Å². The maximum absolute atomic E-state index is 2.39. The normalized spacial score (nSPS) is 15.1. The Morgan fingerprint density at radius 2 is 1.64 bits per heavy atom. The largest absolute Gasteiger partial charge is 0.196 e. The van der Waals surface area contributed by atoms with Crippen LogP contribution >= 0.6 is 0 Å². The molecule has 0 bridgehead atoms. The Labute approximate surface area is 150 Å². The molecule has 2 aromatic carbocycles. The molecule has 0 unspecified atom stereocenters. The number of aryl methyl sites for hydroxylation is 1. The Morgan fingerprint density at radius 1 is 0.920 bits per heavy atom. The van der Waals surface area contributed by atoms with Crippen molar-refractivity contribution in [2.45, 2.75) is 52.5 Å². The number of fused-ring (bicyclic) bond motifs is 3. The predicted molar refractivity (Wildman–Crippen MR) is 103 cm³/mol. The highest BCUT2D eigenvalue weighted by Gasteiger charge is 2.36. The molecule has 25 heavy (non-hydrogen) atoms. The van der Waals surface area contributed by atoms with E-state index < -0.39 is 0 Å². The van der Waals surface area contributed by atoms with Gasteiger partial charge < -0.3 is 0 Å². The zero-order chi connectivity index (χ0) is 18.0. The number of hydrogen-bond acceptors (Lipinski definition) is 0. The topological polar surface area (TPSA) is 8.81 Å². The van der Waals surface area contributed by atoms with Gasteiger partial charge in [-0.3, -0.25) is 0 Å². The minimum Gasteiger partial charge on any atom is -0.128 e. The molecule has 4 rings (SSSR count). The molecule has 2 nitrogen and oxygen atoms in total. The van der Waals surface area contributed by atoms with Crippen LogP contribution in [-0.4, -0.2) is 4.68 Å². The van der Waals surface area contributed by atoms with Crippen LogP contribution in [0, 0.1) is 6.92 Å². The average molecular weight is 331 g/mol. The third-order valence-corrected chi connectivity index (χ3v) is 5.52. The Kier molecular flexibility index (Phi) is 3.28. The molecule has 3 aromatic rings. The molecule has 0 saturated heterocycles. The lowest BCUT2D eigenvalue weighted by molar-refractivity contribution is -0.817. The van der Waals surface area contributed by atoms with Crippen molar-refractivity contribution in [1.82, 2.24) is 4.68 Å². The van der Waals surface area contributed by atoms with Crippen LogP contribution in [-0.2, 0) is 11.0 Å². The summed E-state index contributed by atoms with van der Waals surface area (Å²) in [5.74, 6) is 0. The van der Waals surface area contributed by atoms with Crippen LogP contribution in [0.5, 0.6) is 0 Å². The lowest BCUT2D eigenvalue weighted by Gasteiger charge is -2.22. The Morgan fingerprint density at radius 3 is 2.36 bits per heavy atom. The minimum absolute atomic E-state index is 0.0339. The van der Waals surface area contributed by atoms with E-state index in [-0.39, 0.29) is 11.0 Å². The second-order valence-electron chi connectivity index (χ2n) is 8.71. The fraction of sp³-hybridized carbons (Fsp3) is 0.348. The summed E-state index contributed by atoms with van der Waals surface area (Å²) in [6.07, 6.45) is 4.32. The lowest BCUT2D eigenvalue weighted by atomic mass is 9.82. The minimum atomic E-state index is 0.0339. The van der Waals surface area contributed by atoms with Crippen molar-refractivity contribution in [3.63, 3.8) is 0 Å². The van der Waals surface area contributed by atoms with Gasteiger partial charge in [0, 0.05) is 32.3 Å². The van der Waals surface area contributed by atoms with Crippen molar-refractivity contribution in [3.05, 3.63) is 71.5 Å². The molecule has 0 N–H and O–H groups in total. The van der Waals surface area contributed by atoms with Crippen LogP contribution in [0.15, 0.2) is 54.9 Å². The highest BCUT2D eigenvalue weighted by atomic mass is 15.4. The second-order valence-corrected chi connectivity index (χ2v) is 8.71. The van der Waals surface area contributed by atoms with Gasteiger partial charge in [-0.25, -0.2) is 0 Å². The molecule has 0 spiro atoms. The Bertz CT molecular complexity index is 968. The Balaban J connectivity index is 1.99. The molecule has 1 aromatic heterocycles. The summed E-state index contributed by atoms with van der Waals surface area (Å²) in [6, 6.07) is 15.7. The van der Waals surface area contributed by atoms with E-state index in [1.807, 2.05) is 0 Å². The maximum Gasteiger partial charge on any atom is 0.196 e. The summed E-state index contributed by atoms with van der Waals surface area (Å²) in [5, 5.41) is 0. The first kappa shape index (κ1) is 16.1. The molecule has 0 fully saturated rings. The van der Waals surface area contributed by atoms with Crippen molar-refractivity contribution in [3.8, 4) is 16.8 Å². The van der Waals surface area contributed by atoms with E-state index in [1.165, 1.54) is 33.5 Å². The van der Waals surface area contributed by atoms with Crippen molar-refractivity contribution >= 4 is 0 Å². The molecule has 1 heterocycles. The van der Waals surface area contributed by atoms with Crippen LogP contribution in [0.25, 0.3) is 16.8 Å². The lowest BCUT2D eigenvalue weighted by Crippen LogP contribution is -2.55. The van der Waals surface area contributed by atoms with E-state index in [9.17, 15) is 0 Å². The van der Waals surface area contributed by atoms with Gasteiger partial charge in [-0.2, -0.15) is 0 Å². The standard InChI is InChI=1S/C23H27N2/c1-16-14-20-18(17-10-7-8-11-19(17)23(20,5)6)15-21(16)24-12-9-13-25(24)22(2,3)4/h7-15H,1-6H3/q+1. The number of hydrogen-bond donors (Lipinski definition) is 0. The summed E-state index contributed by atoms with van der Waals surface area (Å²) < 4.78 is 4.58. The summed E-state index contributed by atoms with van der Waals surface area (Å²) >= 11 is 0. The first-order valence-electron chi connectivity index (χ1n) is 9.06. The quantitative estimate of drug-likeness (QED) is 0.546. The molecule has 1 aliphatic rings. The zero-order valence-electron chi connectivity index (χ0n) is 16.1. The number of aromatic nitrogens is 2. The molecule has 0 saturated carbocycles. The van der Waals surface area contributed by atoms with Crippen molar-refractivity contribution < 1.29 is 4.68 Å². The van der Waals surface area contributed by atoms with Crippen LogP contribution in [0.3, 0.4) is 0 Å². The van der Waals surface area contributed by atoms with Crippen LogP contribution in [0.2, 0.25) is 0 Å². The molecule has 0 amide bonds. The molecule has 1 aliphatic carbocycles. The van der Waals surface area contributed by atoms with Gasteiger partial charge in [0.05, 0.1) is 6.20 Å². The van der Waals surface area contributed by atoms with Gasteiger partial charge in [0.1, 0.15) is 5.69 Å². The summed E-state index contributed by atoms with van der Waals surface area (Å²) in [4.78, 5) is 0. The average Bonchev–Trinajstić information content (AvgIpc) is 3.10. The molecule has 128 valence electrons. The third-order valence-electron chi connectivity index (χ3n) is 5.52. The third kappa shape index (κ3) is 2.27. The highest BCUT2D eigenvalue weighted by molar-refractivity contribution is 5.82. The van der Waals surface area contributed by atoms with E-state index in [0.29, 0.717) is 0 Å². The number of benzene rings is 2. The van der Waals surface area contributed by atoms with E-state index in [0.717, 1.165) is 0 Å². The summed E-state index contributed by atoms with van der Waals surface area (Å²) in [7, 11) is 0. The number of nitrogens with zero attached hydrogens (tertiary/aromatic N) is 2. The fourth-order valence-electron chi connectivity index (χ4n) is 4.18. The summed E-state index contributed by atoms with van der Waals surface area (Å²) in [6.45, 7) is 13.6. The van der Waals surface area contributed by atoms with Gasteiger partial charge in [-0.15, -0.1) is 9.36 Å². The first-order chi connectivity index (χ1) is 11.7. The van der Waals surface area contributed by atoms with Gasteiger partial charge in [0.2, 0.25) is 0 Å². The number of rotatable bonds is 1. The van der Waals surface area contributed by atoms with Crippen molar-refractivity contribution in [2.24, 2.45) is 0 Å². The van der Waals surface area contributed by atoms with E-state index in [2.05, 4.69) is 106 Å². The van der Waals surface area contributed by atoms with Gasteiger partial charge >= 0.3 is 0 Å². The zero-order valence-corrected chi connectivity index (χ0v) is 16.1. The first-order valence-corrected chi connectivity index (χ1v) is 9.06. The molecule has 0 aliphatic heterocycles. The SMILES string of the molecule is Cc1cc2c(cc1-n1ccc[n+]1C(C)(C)C)-c1ccccc1C2(C)C. The van der Waals surface area contributed by atoms with E-state index in [4.69, 9.17) is 0 Å². The van der Waals surface area contributed by atoms with Gasteiger partial charge in [-0.05, 0) is 40.8 Å². The van der Waals surface area contributed by atoms with Crippen molar-refractivity contribution in [2.75, 3.05) is 0 Å². The molecule has 0 radical (unpaired) electrons. The van der Waals surface area contributed by atoms with E-state index >= 15 is 0 Å². The smallest absolute Gasteiger partial charge is 0.128 e. The van der Waals surface area contributed by atoms with Crippen LogP contribution in [0.4, 0.5) is 0 Å². The summed E-state index contributed by atoms with van der Waals surface area (Å²) in [5.41, 5.74) is 8.27. The van der Waals surface area contributed by atoms with Crippen LogP contribution < -0.4 is 4.68 Å². The molecular formula is C23H27N2+. The molecular weight excluding hydrogens is 304 g/mol. The monoisotopic (exact) mass is 331 g/mol. The highest BCUT2D eigenvalue weighted by Crippen LogP contribution is 2.49. The predicted octanol–water partition coefficient (Wildman–Crippen LogP) is 5.13.